The molecule has 8 heterocycles. The lowest BCUT2D eigenvalue weighted by molar-refractivity contribution is -0.122. The van der Waals surface area contributed by atoms with Crippen molar-refractivity contribution in [2.45, 2.75) is 83.7 Å². The molecule has 0 saturated heterocycles. The molecule has 1 aliphatic rings. The van der Waals surface area contributed by atoms with E-state index >= 15 is 0 Å². The highest BCUT2D eigenvalue weighted by Crippen LogP contribution is 2.40. The number of thiazole rings is 6. The van der Waals surface area contributed by atoms with Gasteiger partial charge in [0, 0.05) is 52.5 Å². The van der Waals surface area contributed by atoms with Gasteiger partial charge in [-0.25, -0.2) is 34.9 Å². The Morgan fingerprint density at radius 1 is 0.704 bits per heavy atom. The molecule has 0 aliphatic carbocycles. The predicted molar refractivity (Wildman–Crippen MR) is 313 cm³/mol. The predicted octanol–water partition coefficient (Wildman–Crippen LogP) is 7.77. The van der Waals surface area contributed by atoms with E-state index in [0.29, 0.717) is 98.9 Å². The summed E-state index contributed by atoms with van der Waals surface area (Å²) in [5.41, 5.74) is 8.54. The first-order valence-corrected chi connectivity index (χ1v) is 30.7. The Labute approximate surface area is 488 Å². The molecule has 0 fully saturated rings. The lowest BCUT2D eigenvalue weighted by Crippen LogP contribution is -2.40. The van der Waals surface area contributed by atoms with Crippen LogP contribution in [-0.4, -0.2) is 103 Å². The highest BCUT2D eigenvalue weighted by atomic mass is 32.1. The minimum Gasteiger partial charge on any atom is -0.386 e. The molecule has 22 nitrogen and oxygen atoms in total. The number of aryl methyl sites for hydroxylation is 1. The fraction of sp³-hybridized carbons (Fsp3) is 0.340. The van der Waals surface area contributed by atoms with Crippen molar-refractivity contribution in [3.63, 3.8) is 0 Å². The van der Waals surface area contributed by atoms with E-state index in [2.05, 4.69) is 31.9 Å². The number of ether oxygens (including phenoxy) is 1. The lowest BCUT2D eigenvalue weighted by atomic mass is 10.0. The number of amides is 6. The summed E-state index contributed by atoms with van der Waals surface area (Å²) in [6.45, 7) is 5.56. The van der Waals surface area contributed by atoms with Gasteiger partial charge in [0.25, 0.3) is 17.7 Å². The molecule has 422 valence electrons. The van der Waals surface area contributed by atoms with Crippen molar-refractivity contribution in [3.8, 4) is 43.4 Å². The number of methoxy groups -OCH3 is 1. The maximum absolute atomic E-state index is 14.3. The number of anilines is 1. The van der Waals surface area contributed by atoms with E-state index in [1.807, 2.05) is 31.4 Å². The maximum Gasteiger partial charge on any atom is 0.271 e. The number of carbonyl (C=O) groups is 6. The number of nitrogens with zero attached hydrogens (tertiary/aromatic N) is 7. The van der Waals surface area contributed by atoms with Crippen molar-refractivity contribution >= 4 is 109 Å². The van der Waals surface area contributed by atoms with Crippen molar-refractivity contribution in [2.75, 3.05) is 32.6 Å². The highest BCUT2D eigenvalue weighted by Gasteiger charge is 2.33. The molecule has 0 saturated carbocycles. The number of nitrogens with one attached hydrogen (secondary N) is 6. The van der Waals surface area contributed by atoms with E-state index in [4.69, 9.17) is 45.4 Å². The van der Waals surface area contributed by atoms with Gasteiger partial charge >= 0.3 is 0 Å². The number of carbonyl (C=O) groups excluding carboxylic acids is 6. The van der Waals surface area contributed by atoms with Gasteiger partial charge in [0.2, 0.25) is 17.7 Å². The first kappa shape index (κ1) is 58.5. The van der Waals surface area contributed by atoms with E-state index in [1.54, 1.807) is 53.4 Å². The summed E-state index contributed by atoms with van der Waals surface area (Å²) in [7, 11) is 2.95. The second kappa shape index (κ2) is 26.6. The van der Waals surface area contributed by atoms with E-state index in [9.17, 15) is 33.9 Å². The third kappa shape index (κ3) is 14.0. The normalized spacial score (nSPS) is 16.5. The Bertz CT molecular complexity index is 3570. The molecule has 9 rings (SSSR count). The fourth-order valence-corrected chi connectivity index (χ4v) is 13.9. The minimum absolute atomic E-state index is 0.00565. The van der Waals surface area contributed by atoms with Gasteiger partial charge in [-0.2, -0.15) is 0 Å². The van der Waals surface area contributed by atoms with Crippen molar-refractivity contribution < 1.29 is 38.6 Å². The molecule has 0 spiro atoms. The van der Waals surface area contributed by atoms with Crippen LogP contribution in [0.2, 0.25) is 0 Å². The van der Waals surface area contributed by atoms with E-state index in [1.165, 1.54) is 70.8 Å². The Hall–Kier alpha value is -7.15. The van der Waals surface area contributed by atoms with Gasteiger partial charge < -0.3 is 47.5 Å². The minimum atomic E-state index is -1.26. The molecule has 28 heteroatoms. The number of benzene rings is 1. The van der Waals surface area contributed by atoms with Gasteiger partial charge in [-0.3, -0.25) is 28.8 Å². The molecular weight excluding hydrogens is 1150 g/mol. The molecule has 9 N–H and O–H groups in total. The van der Waals surface area contributed by atoms with Crippen LogP contribution >= 0.6 is 68.0 Å². The number of aromatic nitrogens is 7. The standard InChI is InChI=1S/C53H56N14O8S6/c1-25(2)39-53-67-42(34(81-53)20-75-5)46(73)56-19-38(70)64-43(44(71)27-12-8-6-9-13-27)52-61-33(23-78-52)50-59-31(21-77-50)41-28(15-16-29(57-41)49-63-35(24-79-49)62-36(68)14-10-7-11-17-54)48-60-32(22-76-48)45(72)58-30(18-37(69)55-4)51-66-40(26(3)80-51)47(74)65-39/h6,8-9,12-13,15-16,21-25,30,39,43-44,71H,7,10-11,14,17-20,54H2,1-5H3,(H,55,69)(H,56,73)(H,58,72)(H,62,68)(H,64,70)(H,65,74)/t30-,39-,43-,44-/m0/s1. The molecule has 10 bridgehead atoms. The summed E-state index contributed by atoms with van der Waals surface area (Å²) >= 11 is 7.31. The van der Waals surface area contributed by atoms with Crippen LogP contribution in [0, 0.1) is 12.8 Å². The third-order valence-electron chi connectivity index (χ3n) is 12.6. The van der Waals surface area contributed by atoms with Crippen LogP contribution < -0.4 is 37.6 Å². The number of fused-ring (bicyclic) bond motifs is 14. The number of aliphatic hydroxyl groups excluding tert-OH is 1. The zero-order chi connectivity index (χ0) is 57.3. The van der Waals surface area contributed by atoms with Crippen LogP contribution in [0.3, 0.4) is 0 Å². The largest absolute Gasteiger partial charge is 0.386 e. The maximum atomic E-state index is 14.3. The summed E-state index contributed by atoms with van der Waals surface area (Å²) < 4.78 is 5.45. The molecule has 0 radical (unpaired) electrons. The van der Waals surface area contributed by atoms with Crippen LogP contribution in [-0.2, 0) is 25.7 Å². The average Bonchev–Trinajstić information content (AvgIpc) is 4.36. The molecule has 7 aromatic heterocycles. The second-order valence-corrected chi connectivity index (χ2v) is 24.6. The zero-order valence-corrected chi connectivity index (χ0v) is 49.3. The van der Waals surface area contributed by atoms with Crippen molar-refractivity contribution in [2.24, 2.45) is 11.7 Å². The molecule has 8 aromatic rings. The highest BCUT2D eigenvalue weighted by molar-refractivity contribution is 7.15. The summed E-state index contributed by atoms with van der Waals surface area (Å²) in [4.78, 5) is 117. The third-order valence-corrected chi connectivity index (χ3v) is 18.4. The Kier molecular flexibility index (Phi) is 19.2. The molecule has 4 atom stereocenters. The van der Waals surface area contributed by atoms with Gasteiger partial charge in [-0.05, 0) is 49.9 Å². The topological polar surface area (TPSA) is 320 Å². The van der Waals surface area contributed by atoms with Gasteiger partial charge in [0.15, 0.2) is 0 Å². The zero-order valence-electron chi connectivity index (χ0n) is 44.4. The molecule has 81 heavy (non-hydrogen) atoms. The van der Waals surface area contributed by atoms with Gasteiger partial charge in [0.1, 0.15) is 82.2 Å². The molecule has 0 unspecified atom stereocenters. The number of unbranched alkanes of at least 4 members (excludes halogenated alkanes) is 2. The Morgan fingerprint density at radius 2 is 1.43 bits per heavy atom. The number of nitrogens with two attached hydrogens (primary N) is 1. The average molecular weight is 1210 g/mol. The molecule has 1 aliphatic heterocycles. The van der Waals surface area contributed by atoms with Gasteiger partial charge in [-0.15, -0.1) is 68.0 Å². The summed E-state index contributed by atoms with van der Waals surface area (Å²) in [6.07, 6.45) is 1.24. The SMILES string of the molecule is CNC(=O)C[C@@H]1NC(=O)c2csc(n2)-c2ccc(-c3nc(NC(=O)CCCCCN)cs3)nc2-c2csc(n2)-c2csc(n2)[C@H]([C@@H](O)c2ccccc2)NC(=O)CNC(=O)c2nc(sc2COC)[C@H](C(C)C)NC(=O)c2nc1sc2C. The van der Waals surface area contributed by atoms with Crippen LogP contribution in [0.4, 0.5) is 5.82 Å². The van der Waals surface area contributed by atoms with Gasteiger partial charge in [-0.1, -0.05) is 50.6 Å². The summed E-state index contributed by atoms with van der Waals surface area (Å²) in [5.74, 6) is -2.84. The summed E-state index contributed by atoms with van der Waals surface area (Å²) in [5, 5.41) is 38.3. The van der Waals surface area contributed by atoms with Gasteiger partial charge in [0.05, 0.1) is 42.2 Å². The molecule has 1 aromatic carbocycles. The molecule has 6 amide bonds. The monoisotopic (exact) mass is 1210 g/mol. The first-order chi connectivity index (χ1) is 39.1. The van der Waals surface area contributed by atoms with Crippen LogP contribution in [0.1, 0.15) is 132 Å². The van der Waals surface area contributed by atoms with Crippen LogP contribution in [0.5, 0.6) is 0 Å². The smallest absolute Gasteiger partial charge is 0.271 e. The number of aliphatic hydroxyl groups is 1. The quantitative estimate of drug-likeness (QED) is 0.0482. The number of hydrogen-bond acceptors (Lipinski definition) is 22. The van der Waals surface area contributed by atoms with E-state index in [-0.39, 0.29) is 47.8 Å². The van der Waals surface area contributed by atoms with Crippen LogP contribution in [0.25, 0.3) is 43.4 Å². The van der Waals surface area contributed by atoms with Crippen molar-refractivity contribution in [1.82, 2.24) is 61.5 Å². The number of hydrogen-bond donors (Lipinski definition) is 8. The first-order valence-electron chi connectivity index (χ1n) is 25.5. The van der Waals surface area contributed by atoms with E-state index in [0.717, 1.165) is 24.2 Å². The van der Waals surface area contributed by atoms with Crippen LogP contribution in [0.15, 0.2) is 64.0 Å². The second-order valence-electron chi connectivity index (χ2n) is 18.8. The fourth-order valence-electron chi connectivity index (χ4n) is 8.45. The van der Waals surface area contributed by atoms with E-state index < -0.39 is 54.4 Å². The summed E-state index contributed by atoms with van der Waals surface area (Å²) in [6, 6.07) is 9.64. The number of rotatable bonds is 14. The van der Waals surface area contributed by atoms with Crippen molar-refractivity contribution in [3.05, 3.63) is 111 Å². The number of pyridine rings is 1. The lowest BCUT2D eigenvalue weighted by Gasteiger charge is -2.23. The van der Waals surface area contributed by atoms with Crippen molar-refractivity contribution in [1.29, 1.82) is 0 Å². The Balaban J connectivity index is 1.11. The Morgan fingerprint density at radius 3 is 2.20 bits per heavy atom. The molecular formula is C53H56N14O8S6.